The molecule has 35 heavy (non-hydrogen) atoms. The summed E-state index contributed by atoms with van der Waals surface area (Å²) in [5.74, 6) is 1.27. The van der Waals surface area contributed by atoms with Crippen LogP contribution in [0.15, 0.2) is 103 Å². The molecule has 4 aromatic carbocycles. The molecule has 0 atom stereocenters. The Hall–Kier alpha value is -3.91. The molecule has 166 valence electrons. The predicted molar refractivity (Wildman–Crippen MR) is 139 cm³/mol. The van der Waals surface area contributed by atoms with Gasteiger partial charge in [-0.25, -0.2) is 0 Å². The number of benzene rings is 4. The maximum absolute atomic E-state index is 13.4. The summed E-state index contributed by atoms with van der Waals surface area (Å²) in [4.78, 5) is 28.8. The zero-order valence-electron chi connectivity index (χ0n) is 18.4. The van der Waals surface area contributed by atoms with E-state index in [9.17, 15) is 9.59 Å². The van der Waals surface area contributed by atoms with Crippen LogP contribution in [-0.2, 0) is 0 Å². The summed E-state index contributed by atoms with van der Waals surface area (Å²) < 4.78 is 8.37. The van der Waals surface area contributed by atoms with Gasteiger partial charge in [0.2, 0.25) is 0 Å². The monoisotopic (exact) mass is 569 g/mol. The van der Waals surface area contributed by atoms with Gasteiger partial charge in [-0.05, 0) is 0 Å². The SMILES string of the molecule is O=C1/C(=C\c2ccc(N3c4ccccc4Oc4ccccc43)[te]2)C(=O)c2c1ccc1ccccc21. The third-order valence-corrected chi connectivity index (χ3v) is 9.35. The molecule has 0 fully saturated rings. The van der Waals surface area contributed by atoms with Crippen LogP contribution in [0.3, 0.4) is 0 Å². The summed E-state index contributed by atoms with van der Waals surface area (Å²) in [6, 6.07) is 31.6. The molecule has 5 aromatic rings. The van der Waals surface area contributed by atoms with Crippen molar-refractivity contribution in [3.05, 3.63) is 117 Å². The van der Waals surface area contributed by atoms with E-state index in [1.807, 2.05) is 78.9 Å². The first-order chi connectivity index (χ1) is 17.2. The van der Waals surface area contributed by atoms with Crippen molar-refractivity contribution in [1.82, 2.24) is 0 Å². The molecule has 1 aliphatic carbocycles. The Bertz CT molecular complexity index is 1680. The number of hydrogen-bond donors (Lipinski definition) is 0. The zero-order chi connectivity index (χ0) is 23.5. The number of hydrogen-bond acceptors (Lipinski definition) is 4. The van der Waals surface area contributed by atoms with Crippen molar-refractivity contribution < 1.29 is 14.3 Å². The van der Waals surface area contributed by atoms with Crippen LogP contribution in [0.25, 0.3) is 16.8 Å². The van der Waals surface area contributed by atoms with E-state index in [-0.39, 0.29) is 17.1 Å². The van der Waals surface area contributed by atoms with Crippen LogP contribution in [-0.4, -0.2) is 32.0 Å². The number of ketones is 2. The average molecular weight is 567 g/mol. The first-order valence-electron chi connectivity index (χ1n) is 11.3. The molecule has 0 bridgehead atoms. The fourth-order valence-electron chi connectivity index (χ4n) is 4.84. The van der Waals surface area contributed by atoms with Crippen molar-refractivity contribution in [2.75, 3.05) is 4.90 Å². The van der Waals surface area contributed by atoms with Crippen LogP contribution in [0.4, 0.5) is 15.1 Å². The Kier molecular flexibility index (Phi) is 4.57. The molecular formula is C30H17NO3Te. The van der Waals surface area contributed by atoms with Gasteiger partial charge in [0, 0.05) is 0 Å². The van der Waals surface area contributed by atoms with Crippen LogP contribution in [0.2, 0.25) is 0 Å². The quantitative estimate of drug-likeness (QED) is 0.129. The van der Waals surface area contributed by atoms with Crippen LogP contribution >= 0.6 is 0 Å². The Labute approximate surface area is 211 Å². The van der Waals surface area contributed by atoms with Gasteiger partial charge in [-0.2, -0.15) is 0 Å². The fourth-order valence-corrected chi connectivity index (χ4v) is 7.64. The summed E-state index contributed by atoms with van der Waals surface area (Å²) in [7, 11) is 0. The number of rotatable bonds is 2. The average Bonchev–Trinajstić information content (AvgIpc) is 3.45. The van der Waals surface area contributed by atoms with Crippen LogP contribution < -0.4 is 9.64 Å². The molecule has 0 amide bonds. The normalized spacial score (nSPS) is 15.2. The van der Waals surface area contributed by atoms with Crippen molar-refractivity contribution in [3.8, 4) is 11.5 Å². The number of carbonyl (C=O) groups is 2. The van der Waals surface area contributed by atoms with Gasteiger partial charge in [0.15, 0.2) is 0 Å². The van der Waals surface area contributed by atoms with Gasteiger partial charge in [-0.15, -0.1) is 0 Å². The van der Waals surface area contributed by atoms with E-state index in [0.29, 0.717) is 11.1 Å². The molecule has 2 heterocycles. The zero-order valence-corrected chi connectivity index (χ0v) is 20.7. The third kappa shape index (κ3) is 3.13. The third-order valence-electron chi connectivity index (χ3n) is 6.44. The van der Waals surface area contributed by atoms with Crippen LogP contribution in [0.5, 0.6) is 11.5 Å². The van der Waals surface area contributed by atoms with Crippen LogP contribution in [0, 0.1) is 0 Å². The van der Waals surface area contributed by atoms with E-state index in [1.54, 1.807) is 6.07 Å². The predicted octanol–water partition coefficient (Wildman–Crippen LogP) is 6.93. The van der Waals surface area contributed by atoms with Crippen molar-refractivity contribution in [3.63, 3.8) is 0 Å². The molecule has 0 unspecified atom stereocenters. The van der Waals surface area contributed by atoms with E-state index >= 15 is 0 Å². The summed E-state index contributed by atoms with van der Waals surface area (Å²) in [5, 5.41) is 1.81. The number of nitrogens with zero attached hydrogens (tertiary/aromatic N) is 1. The van der Waals surface area contributed by atoms with Crippen LogP contribution in [0.1, 0.15) is 24.3 Å². The summed E-state index contributed by atoms with van der Waals surface area (Å²) in [5.41, 5.74) is 3.30. The topological polar surface area (TPSA) is 46.6 Å². The summed E-state index contributed by atoms with van der Waals surface area (Å²) >= 11 is -0.847. The van der Waals surface area contributed by atoms with E-state index in [0.717, 1.165) is 37.2 Å². The number of carbonyl (C=O) groups excluding carboxylic acids is 2. The van der Waals surface area contributed by atoms with Crippen molar-refractivity contribution in [1.29, 1.82) is 0 Å². The molecule has 0 N–H and O–H groups in total. The standard InChI is InChI=1S/C30H17NO3Te/c32-29-21-15-13-18-7-1-2-8-20(18)28(21)30(33)22(29)17-19-14-16-27(35-19)31-23-9-3-5-11-25(23)34-26-12-6-4-10-24(26)31/h1-17H/b22-17+. The minimum absolute atomic E-state index is 0.175. The van der Waals surface area contributed by atoms with Gasteiger partial charge in [0.25, 0.3) is 0 Å². The van der Waals surface area contributed by atoms with Gasteiger partial charge in [0.1, 0.15) is 0 Å². The van der Waals surface area contributed by atoms with Crippen molar-refractivity contribution in [2.45, 2.75) is 0 Å². The molecule has 5 heteroatoms. The van der Waals surface area contributed by atoms with Gasteiger partial charge in [0.05, 0.1) is 0 Å². The fraction of sp³-hybridized carbons (Fsp3) is 0. The molecule has 0 saturated heterocycles. The van der Waals surface area contributed by atoms with Gasteiger partial charge >= 0.3 is 212 Å². The molecule has 7 rings (SSSR count). The molecule has 0 saturated carbocycles. The van der Waals surface area contributed by atoms with E-state index in [2.05, 4.69) is 23.1 Å². The number of allylic oxidation sites excluding steroid dienone is 1. The number of Topliss-reactive ketones (excluding diaryl/α,β-unsaturated/α-hetero) is 2. The molecule has 2 aliphatic rings. The second-order valence-electron chi connectivity index (χ2n) is 8.47. The van der Waals surface area contributed by atoms with E-state index in [4.69, 9.17) is 4.74 Å². The van der Waals surface area contributed by atoms with Gasteiger partial charge in [-0.3, -0.25) is 0 Å². The second kappa shape index (κ2) is 7.81. The van der Waals surface area contributed by atoms with E-state index in [1.165, 1.54) is 3.70 Å². The minimum atomic E-state index is -0.847. The number of fused-ring (bicyclic) bond motifs is 5. The number of ether oxygens (including phenoxy) is 1. The summed E-state index contributed by atoms with van der Waals surface area (Å²) in [6.07, 6.45) is 1.82. The molecule has 1 aliphatic heterocycles. The van der Waals surface area contributed by atoms with E-state index < -0.39 is 20.4 Å². The molecule has 0 spiro atoms. The summed E-state index contributed by atoms with van der Waals surface area (Å²) in [6.45, 7) is 0. The second-order valence-corrected chi connectivity index (χ2v) is 11.6. The van der Waals surface area contributed by atoms with Gasteiger partial charge in [-0.1, -0.05) is 0 Å². The molecule has 4 nitrogen and oxygen atoms in total. The van der Waals surface area contributed by atoms with Crippen molar-refractivity contribution >= 4 is 63.9 Å². The maximum atomic E-state index is 13.4. The Morgan fingerprint density at radius 2 is 1.37 bits per heavy atom. The molecule has 1 aromatic heterocycles. The van der Waals surface area contributed by atoms with Crippen molar-refractivity contribution in [2.24, 2.45) is 0 Å². The molecular weight excluding hydrogens is 550 g/mol. The number of para-hydroxylation sites is 4. The molecule has 0 radical (unpaired) electrons. The Morgan fingerprint density at radius 3 is 2.14 bits per heavy atom. The Morgan fingerprint density at radius 1 is 0.686 bits per heavy atom. The van der Waals surface area contributed by atoms with Gasteiger partial charge < -0.3 is 0 Å². The first kappa shape index (κ1) is 20.5. The number of anilines is 3. The first-order valence-corrected chi connectivity index (χ1v) is 13.6. The Balaban J connectivity index is 1.31.